The Labute approximate surface area is 154 Å². The predicted molar refractivity (Wildman–Crippen MR) is 95.2 cm³/mol. The summed E-state index contributed by atoms with van der Waals surface area (Å²) in [4.78, 5) is 18.4. The molecule has 1 aromatic carbocycles. The lowest BCUT2D eigenvalue weighted by atomic mass is 10.1. The van der Waals surface area contributed by atoms with Gasteiger partial charge in [0.1, 0.15) is 23.8 Å². The van der Waals surface area contributed by atoms with Crippen molar-refractivity contribution >= 4 is 60.4 Å². The van der Waals surface area contributed by atoms with Crippen molar-refractivity contribution in [3.63, 3.8) is 0 Å². The summed E-state index contributed by atoms with van der Waals surface area (Å²) in [7, 11) is 0. The Morgan fingerprint density at radius 1 is 1.32 bits per heavy atom. The normalized spacial score (nSPS) is 12.9. The lowest BCUT2D eigenvalue weighted by molar-refractivity contribution is 0.0976. The molecule has 116 valence electrons. The van der Waals surface area contributed by atoms with Crippen molar-refractivity contribution in [2.45, 2.75) is 0 Å². The van der Waals surface area contributed by atoms with Crippen molar-refractivity contribution in [2.24, 2.45) is 0 Å². The van der Waals surface area contributed by atoms with Gasteiger partial charge in [-0.1, -0.05) is 0 Å². The number of anilines is 1. The third kappa shape index (κ3) is 3.13. The molecule has 0 saturated carbocycles. The van der Waals surface area contributed by atoms with E-state index in [1.54, 1.807) is 35.5 Å². The minimum atomic E-state index is -0.172. The molecule has 0 spiro atoms. The van der Waals surface area contributed by atoms with E-state index in [4.69, 9.17) is 4.74 Å². The number of carbonyl (C=O) groups is 1. The number of phenolic OH excluding ortho intramolecular Hbond substituents is 1. The fraction of sp³-hybridized carbons (Fsp3) is 0.143. The SMILES string of the molecule is Br.O=C(c1cc(Br)c(O)c(Br)c1)N1CCOc2ccncc21. The van der Waals surface area contributed by atoms with Crippen molar-refractivity contribution < 1.29 is 14.6 Å². The van der Waals surface area contributed by atoms with Gasteiger partial charge in [-0.15, -0.1) is 17.0 Å². The van der Waals surface area contributed by atoms with Crippen LogP contribution in [-0.2, 0) is 0 Å². The van der Waals surface area contributed by atoms with E-state index in [-0.39, 0.29) is 28.6 Å². The van der Waals surface area contributed by atoms with Gasteiger partial charge in [0.05, 0.1) is 21.7 Å². The number of benzene rings is 1. The zero-order valence-corrected chi connectivity index (χ0v) is 16.0. The van der Waals surface area contributed by atoms with Gasteiger partial charge in [0.25, 0.3) is 5.91 Å². The van der Waals surface area contributed by atoms with Gasteiger partial charge < -0.3 is 14.7 Å². The number of rotatable bonds is 1. The fourth-order valence-corrected chi connectivity index (χ4v) is 3.31. The number of hydrogen-bond donors (Lipinski definition) is 1. The Morgan fingerprint density at radius 3 is 2.68 bits per heavy atom. The molecule has 8 heteroatoms. The lowest BCUT2D eigenvalue weighted by Gasteiger charge is -2.29. The molecule has 0 fully saturated rings. The molecule has 5 nitrogen and oxygen atoms in total. The van der Waals surface area contributed by atoms with Crippen LogP contribution in [0.1, 0.15) is 10.4 Å². The van der Waals surface area contributed by atoms with Crippen LogP contribution in [-0.4, -0.2) is 29.1 Å². The number of aromatic hydroxyl groups is 1. The number of phenols is 1. The fourth-order valence-electron chi connectivity index (χ4n) is 2.12. The molecule has 0 aliphatic carbocycles. The second-order valence-electron chi connectivity index (χ2n) is 4.44. The Morgan fingerprint density at radius 2 is 2.00 bits per heavy atom. The zero-order chi connectivity index (χ0) is 15.0. The minimum Gasteiger partial charge on any atom is -0.506 e. The second kappa shape index (κ2) is 6.97. The number of fused-ring (bicyclic) bond motifs is 1. The highest BCUT2D eigenvalue weighted by Crippen LogP contribution is 2.35. The molecule has 0 bridgehead atoms. The summed E-state index contributed by atoms with van der Waals surface area (Å²) in [5, 5.41) is 9.73. The summed E-state index contributed by atoms with van der Waals surface area (Å²) in [6.45, 7) is 0.886. The maximum atomic E-state index is 12.7. The summed E-state index contributed by atoms with van der Waals surface area (Å²) in [5.74, 6) is 0.533. The first kappa shape index (κ1) is 17.2. The van der Waals surface area contributed by atoms with E-state index in [9.17, 15) is 9.90 Å². The summed E-state index contributed by atoms with van der Waals surface area (Å²) >= 11 is 6.47. The highest BCUT2D eigenvalue weighted by molar-refractivity contribution is 9.11. The molecule has 2 aromatic rings. The topological polar surface area (TPSA) is 62.7 Å². The smallest absolute Gasteiger partial charge is 0.258 e. The van der Waals surface area contributed by atoms with Crippen molar-refractivity contribution in [1.29, 1.82) is 0 Å². The number of hydrogen-bond acceptors (Lipinski definition) is 4. The molecule has 1 aliphatic rings. The van der Waals surface area contributed by atoms with Gasteiger partial charge in [-0.05, 0) is 44.0 Å². The van der Waals surface area contributed by atoms with E-state index in [1.165, 1.54) is 0 Å². The summed E-state index contributed by atoms with van der Waals surface area (Å²) in [6.07, 6.45) is 3.23. The molecule has 2 heterocycles. The van der Waals surface area contributed by atoms with Gasteiger partial charge in [0.15, 0.2) is 0 Å². The van der Waals surface area contributed by atoms with Crippen molar-refractivity contribution in [1.82, 2.24) is 4.98 Å². The minimum absolute atomic E-state index is 0. The third-order valence-electron chi connectivity index (χ3n) is 3.13. The van der Waals surface area contributed by atoms with Gasteiger partial charge in [-0.25, -0.2) is 0 Å². The van der Waals surface area contributed by atoms with Crippen LogP contribution in [0.2, 0.25) is 0 Å². The molecule has 1 aliphatic heterocycles. The van der Waals surface area contributed by atoms with Gasteiger partial charge in [0, 0.05) is 17.8 Å². The predicted octanol–water partition coefficient (Wildman–Crippen LogP) is 3.93. The largest absolute Gasteiger partial charge is 0.506 e. The highest BCUT2D eigenvalue weighted by Gasteiger charge is 2.25. The average molecular weight is 495 g/mol. The van der Waals surface area contributed by atoms with Crippen molar-refractivity contribution in [2.75, 3.05) is 18.1 Å². The number of nitrogens with zero attached hydrogens (tertiary/aromatic N) is 2. The molecule has 1 aromatic heterocycles. The zero-order valence-electron chi connectivity index (χ0n) is 11.1. The number of amides is 1. The molecule has 0 unspecified atom stereocenters. The number of pyridine rings is 1. The van der Waals surface area contributed by atoms with Crippen LogP contribution in [0.15, 0.2) is 39.5 Å². The Kier molecular flexibility index (Phi) is 5.46. The summed E-state index contributed by atoms with van der Waals surface area (Å²) in [6, 6.07) is 4.92. The Bertz CT molecular complexity index is 701. The van der Waals surface area contributed by atoms with Gasteiger partial charge in [0.2, 0.25) is 0 Å². The first-order valence-electron chi connectivity index (χ1n) is 6.14. The Balaban J connectivity index is 0.00000176. The molecular formula is C14H11Br3N2O3. The van der Waals surface area contributed by atoms with Crippen LogP contribution in [0.3, 0.4) is 0 Å². The summed E-state index contributed by atoms with van der Waals surface area (Å²) < 4.78 is 6.43. The van der Waals surface area contributed by atoms with E-state index in [2.05, 4.69) is 36.8 Å². The maximum Gasteiger partial charge on any atom is 0.258 e. The molecular weight excluding hydrogens is 484 g/mol. The van der Waals surface area contributed by atoms with Gasteiger partial charge >= 0.3 is 0 Å². The number of ether oxygens (including phenoxy) is 1. The second-order valence-corrected chi connectivity index (χ2v) is 6.15. The molecule has 0 radical (unpaired) electrons. The van der Waals surface area contributed by atoms with Gasteiger partial charge in [-0.2, -0.15) is 0 Å². The van der Waals surface area contributed by atoms with E-state index < -0.39 is 0 Å². The van der Waals surface area contributed by atoms with Crippen molar-refractivity contribution in [3.05, 3.63) is 45.1 Å². The first-order chi connectivity index (χ1) is 10.1. The molecule has 3 rings (SSSR count). The highest BCUT2D eigenvalue weighted by atomic mass is 79.9. The van der Waals surface area contributed by atoms with Crippen LogP contribution >= 0.6 is 48.8 Å². The quantitative estimate of drug-likeness (QED) is 0.652. The van der Waals surface area contributed by atoms with E-state index >= 15 is 0 Å². The monoisotopic (exact) mass is 492 g/mol. The molecule has 1 N–H and O–H groups in total. The van der Waals surface area contributed by atoms with Crippen LogP contribution in [0.5, 0.6) is 11.5 Å². The molecule has 0 atom stereocenters. The van der Waals surface area contributed by atoms with Crippen LogP contribution in [0.25, 0.3) is 0 Å². The van der Waals surface area contributed by atoms with E-state index in [1.807, 2.05) is 0 Å². The first-order valence-corrected chi connectivity index (χ1v) is 7.73. The molecule has 22 heavy (non-hydrogen) atoms. The van der Waals surface area contributed by atoms with Crippen LogP contribution in [0.4, 0.5) is 5.69 Å². The summed E-state index contributed by atoms with van der Waals surface area (Å²) in [5.41, 5.74) is 1.11. The lowest BCUT2D eigenvalue weighted by Crippen LogP contribution is -2.38. The molecule has 1 amide bonds. The number of carbonyl (C=O) groups excluding carboxylic acids is 1. The average Bonchev–Trinajstić information content (AvgIpc) is 2.51. The maximum absolute atomic E-state index is 12.7. The Hall–Kier alpha value is -1.12. The van der Waals surface area contributed by atoms with Crippen LogP contribution < -0.4 is 9.64 Å². The third-order valence-corrected chi connectivity index (χ3v) is 4.34. The molecule has 0 saturated heterocycles. The number of halogens is 3. The van der Waals surface area contributed by atoms with Crippen LogP contribution in [0, 0.1) is 0 Å². The van der Waals surface area contributed by atoms with E-state index in [0.717, 1.165) is 0 Å². The van der Waals surface area contributed by atoms with Crippen molar-refractivity contribution in [3.8, 4) is 11.5 Å². The standard InChI is InChI=1S/C14H10Br2N2O3.BrH/c15-9-5-8(6-10(16)13(9)19)14(20)18-3-4-21-12-1-2-17-7-11(12)18;/h1-2,5-7,19H,3-4H2;1H. The van der Waals surface area contributed by atoms with Gasteiger partial charge in [-0.3, -0.25) is 9.78 Å². The number of aromatic nitrogens is 1. The van der Waals surface area contributed by atoms with E-state index in [0.29, 0.717) is 39.1 Å².